The Morgan fingerprint density at radius 1 is 1.04 bits per heavy atom. The molecule has 4 rings (SSSR count). The lowest BCUT2D eigenvalue weighted by Crippen LogP contribution is -2.06. The molecule has 0 aliphatic rings. The van der Waals surface area contributed by atoms with Crippen molar-refractivity contribution in [1.29, 1.82) is 0 Å². The van der Waals surface area contributed by atoms with Gasteiger partial charge in [0.05, 0.1) is 11.2 Å². The lowest BCUT2D eigenvalue weighted by atomic mass is 10.0. The van der Waals surface area contributed by atoms with E-state index < -0.39 is 0 Å². The van der Waals surface area contributed by atoms with E-state index in [2.05, 4.69) is 15.4 Å². The van der Waals surface area contributed by atoms with E-state index in [1.807, 2.05) is 66.9 Å². The number of nitrogen functional groups attached to an aromatic ring is 1. The molecule has 1 aromatic carbocycles. The fraction of sp³-hybridized carbons (Fsp3) is 0.0952. The van der Waals surface area contributed by atoms with Crippen LogP contribution in [0.5, 0.6) is 0 Å². The number of benzene rings is 1. The zero-order valence-corrected chi connectivity index (χ0v) is 14.7. The average molecular weight is 357 g/mol. The SMILES string of the molecule is Nc1ncccc1NCc1cccc(CC(=O)c2cc3ccccn3n2)c1. The molecule has 3 N–H and O–H groups in total. The third kappa shape index (κ3) is 3.79. The molecule has 3 heterocycles. The maximum atomic E-state index is 12.6. The maximum Gasteiger partial charge on any atom is 0.187 e. The minimum absolute atomic E-state index is 0.000290. The monoisotopic (exact) mass is 357 g/mol. The highest BCUT2D eigenvalue weighted by molar-refractivity contribution is 5.96. The van der Waals surface area contributed by atoms with Crippen molar-refractivity contribution < 1.29 is 4.79 Å². The van der Waals surface area contributed by atoms with Gasteiger partial charge in [-0.1, -0.05) is 30.3 Å². The van der Waals surface area contributed by atoms with E-state index >= 15 is 0 Å². The first-order valence-corrected chi connectivity index (χ1v) is 8.69. The predicted octanol–water partition coefficient (Wildman–Crippen LogP) is 3.35. The molecule has 0 spiro atoms. The number of Topliss-reactive ketones (excluding diaryl/α,β-unsaturated/α-hetero) is 1. The summed E-state index contributed by atoms with van der Waals surface area (Å²) in [6.07, 6.45) is 3.81. The Balaban J connectivity index is 1.45. The highest BCUT2D eigenvalue weighted by Crippen LogP contribution is 2.16. The molecule has 3 aromatic heterocycles. The number of carbonyl (C=O) groups is 1. The number of fused-ring (bicyclic) bond motifs is 1. The molecule has 0 fully saturated rings. The number of hydrogen-bond donors (Lipinski definition) is 2. The van der Waals surface area contributed by atoms with Gasteiger partial charge in [0, 0.05) is 25.4 Å². The Labute approximate surface area is 156 Å². The summed E-state index contributed by atoms with van der Waals surface area (Å²) in [6.45, 7) is 0.603. The summed E-state index contributed by atoms with van der Waals surface area (Å²) in [7, 11) is 0. The van der Waals surface area contributed by atoms with E-state index in [9.17, 15) is 4.79 Å². The molecule has 0 aliphatic carbocycles. The van der Waals surface area contributed by atoms with Crippen LogP contribution in [0.1, 0.15) is 21.6 Å². The van der Waals surface area contributed by atoms with Crippen LogP contribution in [-0.2, 0) is 13.0 Å². The molecule has 0 saturated carbocycles. The van der Waals surface area contributed by atoms with Crippen LogP contribution in [0, 0.1) is 0 Å². The van der Waals surface area contributed by atoms with Gasteiger partial charge in [0.1, 0.15) is 11.5 Å². The van der Waals surface area contributed by atoms with E-state index in [0.29, 0.717) is 24.5 Å². The van der Waals surface area contributed by atoms with Crippen molar-refractivity contribution >= 4 is 22.8 Å². The third-order valence-corrected chi connectivity index (χ3v) is 4.33. The zero-order valence-electron chi connectivity index (χ0n) is 14.7. The summed E-state index contributed by atoms with van der Waals surface area (Å²) in [5, 5.41) is 7.62. The largest absolute Gasteiger partial charge is 0.382 e. The van der Waals surface area contributed by atoms with E-state index in [4.69, 9.17) is 5.73 Å². The number of aromatic nitrogens is 3. The van der Waals surface area contributed by atoms with E-state index in [1.54, 1.807) is 10.7 Å². The molecule has 27 heavy (non-hydrogen) atoms. The van der Waals surface area contributed by atoms with Crippen LogP contribution in [0.15, 0.2) is 73.1 Å². The molecule has 6 nitrogen and oxygen atoms in total. The Morgan fingerprint density at radius 3 is 2.78 bits per heavy atom. The van der Waals surface area contributed by atoms with Gasteiger partial charge in [0.15, 0.2) is 5.78 Å². The van der Waals surface area contributed by atoms with Gasteiger partial charge in [-0.3, -0.25) is 4.79 Å². The van der Waals surface area contributed by atoms with Gasteiger partial charge in [-0.15, -0.1) is 0 Å². The second kappa shape index (κ2) is 7.29. The Hall–Kier alpha value is -3.67. The van der Waals surface area contributed by atoms with Crippen molar-refractivity contribution in [3.05, 3.63) is 89.9 Å². The van der Waals surface area contributed by atoms with Crippen LogP contribution >= 0.6 is 0 Å². The normalized spacial score (nSPS) is 10.8. The number of nitrogens with zero attached hydrogens (tertiary/aromatic N) is 3. The van der Waals surface area contributed by atoms with E-state index in [1.165, 1.54) is 0 Å². The van der Waals surface area contributed by atoms with Gasteiger partial charge >= 0.3 is 0 Å². The Kier molecular flexibility index (Phi) is 4.53. The quantitative estimate of drug-likeness (QED) is 0.517. The van der Waals surface area contributed by atoms with Crippen LogP contribution in [0.4, 0.5) is 11.5 Å². The Bertz CT molecular complexity index is 1070. The van der Waals surface area contributed by atoms with Crippen molar-refractivity contribution in [3.63, 3.8) is 0 Å². The molecule has 6 heteroatoms. The van der Waals surface area contributed by atoms with Gasteiger partial charge in [0.2, 0.25) is 0 Å². The number of hydrogen-bond acceptors (Lipinski definition) is 5. The molecule has 4 aromatic rings. The van der Waals surface area contributed by atoms with Gasteiger partial charge in [0.25, 0.3) is 0 Å². The fourth-order valence-electron chi connectivity index (χ4n) is 2.96. The van der Waals surface area contributed by atoms with Crippen LogP contribution in [0.25, 0.3) is 5.52 Å². The van der Waals surface area contributed by atoms with Crippen molar-refractivity contribution in [1.82, 2.24) is 14.6 Å². The van der Waals surface area contributed by atoms with E-state index in [-0.39, 0.29) is 5.78 Å². The number of ketones is 1. The molecule has 0 unspecified atom stereocenters. The Morgan fingerprint density at radius 2 is 1.93 bits per heavy atom. The summed E-state index contributed by atoms with van der Waals surface area (Å²) in [5.41, 5.74) is 10.1. The molecular weight excluding hydrogens is 338 g/mol. The lowest BCUT2D eigenvalue weighted by molar-refractivity contribution is 0.0988. The summed E-state index contributed by atoms with van der Waals surface area (Å²) in [6, 6.07) is 19.2. The fourth-order valence-corrected chi connectivity index (χ4v) is 2.96. The van der Waals surface area contributed by atoms with Gasteiger partial charge in [-0.05, 0) is 41.5 Å². The van der Waals surface area contributed by atoms with Gasteiger partial charge in [-0.25, -0.2) is 9.50 Å². The van der Waals surface area contributed by atoms with Crippen molar-refractivity contribution in [2.45, 2.75) is 13.0 Å². The number of anilines is 2. The number of rotatable bonds is 6. The molecule has 0 aliphatic heterocycles. The van der Waals surface area contributed by atoms with Crippen LogP contribution < -0.4 is 11.1 Å². The molecular formula is C21H19N5O. The molecule has 134 valence electrons. The molecule has 0 atom stereocenters. The van der Waals surface area contributed by atoms with Crippen LogP contribution in [0.2, 0.25) is 0 Å². The predicted molar refractivity (Wildman–Crippen MR) is 106 cm³/mol. The lowest BCUT2D eigenvalue weighted by Gasteiger charge is -2.09. The van der Waals surface area contributed by atoms with Gasteiger partial charge < -0.3 is 11.1 Å². The number of carbonyl (C=O) groups excluding carboxylic acids is 1. The topological polar surface area (TPSA) is 85.3 Å². The highest BCUT2D eigenvalue weighted by atomic mass is 16.1. The van der Waals surface area contributed by atoms with Crippen molar-refractivity contribution in [2.75, 3.05) is 11.1 Å². The maximum absolute atomic E-state index is 12.6. The van der Waals surface area contributed by atoms with Crippen molar-refractivity contribution in [2.24, 2.45) is 0 Å². The zero-order chi connectivity index (χ0) is 18.6. The molecule has 0 bridgehead atoms. The minimum atomic E-state index is 0.000290. The summed E-state index contributed by atoms with van der Waals surface area (Å²) >= 11 is 0. The standard InChI is InChI=1S/C21H19N5O/c22-21-18(8-4-9-23-21)24-14-16-6-3-5-15(11-16)12-20(27)19-13-17-7-1-2-10-26(17)25-19/h1-11,13,24H,12,14H2,(H2,22,23). The highest BCUT2D eigenvalue weighted by Gasteiger charge is 2.12. The number of nitrogens with one attached hydrogen (secondary N) is 1. The van der Waals surface area contributed by atoms with E-state index in [0.717, 1.165) is 22.3 Å². The first kappa shape index (κ1) is 16.8. The third-order valence-electron chi connectivity index (χ3n) is 4.33. The minimum Gasteiger partial charge on any atom is -0.382 e. The first-order chi connectivity index (χ1) is 13.2. The summed E-state index contributed by atoms with van der Waals surface area (Å²) < 4.78 is 1.71. The summed E-state index contributed by atoms with van der Waals surface area (Å²) in [4.78, 5) is 16.7. The average Bonchev–Trinajstić information content (AvgIpc) is 3.12. The first-order valence-electron chi connectivity index (χ1n) is 8.69. The second-order valence-electron chi connectivity index (χ2n) is 6.31. The summed E-state index contributed by atoms with van der Waals surface area (Å²) in [5.74, 6) is 0.469. The van der Waals surface area contributed by atoms with Gasteiger partial charge in [-0.2, -0.15) is 5.10 Å². The smallest absolute Gasteiger partial charge is 0.187 e. The van der Waals surface area contributed by atoms with Crippen LogP contribution in [-0.4, -0.2) is 20.4 Å². The molecule has 0 saturated heterocycles. The van der Waals surface area contributed by atoms with Crippen molar-refractivity contribution in [3.8, 4) is 0 Å². The number of pyridine rings is 2. The molecule has 0 amide bonds. The molecule has 0 radical (unpaired) electrons. The second-order valence-corrected chi connectivity index (χ2v) is 6.31. The van der Waals surface area contributed by atoms with Crippen LogP contribution in [0.3, 0.4) is 0 Å². The number of nitrogens with two attached hydrogens (primary N) is 1.